The monoisotopic (exact) mass is 483 g/mol. The number of methoxy groups -OCH3 is 2. The molecule has 0 saturated carbocycles. The Kier molecular flexibility index (Phi) is 14.6. The Hall–Kier alpha value is -2.66. The molecule has 0 atom stereocenters. The predicted octanol–water partition coefficient (Wildman–Crippen LogP) is 2.93. The molecule has 1 aromatic rings. The zero-order valence-electron chi connectivity index (χ0n) is 20.7. The van der Waals surface area contributed by atoms with E-state index in [9.17, 15) is 9.59 Å². The number of nitrogens with one attached hydrogen (secondary N) is 1. The molecule has 0 aliphatic carbocycles. The molecule has 0 heterocycles. The summed E-state index contributed by atoms with van der Waals surface area (Å²) < 4.78 is 36.7. The number of hydrogen-bond acceptors (Lipinski definition) is 9. The number of ether oxygens (including phenoxy) is 7. The van der Waals surface area contributed by atoms with Crippen LogP contribution in [-0.4, -0.2) is 78.3 Å². The van der Waals surface area contributed by atoms with Crippen LogP contribution < -0.4 is 10.1 Å². The van der Waals surface area contributed by atoms with E-state index < -0.39 is 17.7 Å². The van der Waals surface area contributed by atoms with Gasteiger partial charge < -0.3 is 38.5 Å². The van der Waals surface area contributed by atoms with Crippen LogP contribution in [0.1, 0.15) is 31.9 Å². The zero-order valence-corrected chi connectivity index (χ0v) is 20.7. The van der Waals surface area contributed by atoms with E-state index in [1.54, 1.807) is 40.0 Å². The van der Waals surface area contributed by atoms with Gasteiger partial charge in [-0.1, -0.05) is 6.07 Å². The molecule has 0 saturated heterocycles. The van der Waals surface area contributed by atoms with Gasteiger partial charge in [0.2, 0.25) is 0 Å². The van der Waals surface area contributed by atoms with Crippen LogP contribution in [-0.2, 0) is 39.8 Å². The van der Waals surface area contributed by atoms with Crippen LogP contribution >= 0.6 is 0 Å². The van der Waals surface area contributed by atoms with Crippen molar-refractivity contribution in [2.45, 2.75) is 33.0 Å². The predicted molar refractivity (Wildman–Crippen MR) is 126 cm³/mol. The van der Waals surface area contributed by atoms with Crippen LogP contribution in [0.15, 0.2) is 24.3 Å². The van der Waals surface area contributed by atoms with Gasteiger partial charge in [0.1, 0.15) is 11.4 Å². The fourth-order valence-corrected chi connectivity index (χ4v) is 2.47. The third-order valence-corrected chi connectivity index (χ3v) is 3.97. The lowest BCUT2D eigenvalue weighted by Gasteiger charge is -2.19. The molecule has 1 rings (SSSR count). The van der Waals surface area contributed by atoms with E-state index in [0.29, 0.717) is 51.9 Å². The third-order valence-electron chi connectivity index (χ3n) is 3.97. The van der Waals surface area contributed by atoms with Crippen LogP contribution in [0.25, 0.3) is 6.08 Å². The largest absolute Gasteiger partial charge is 0.468 e. The zero-order chi connectivity index (χ0) is 25.2. The first kappa shape index (κ1) is 29.4. The van der Waals surface area contributed by atoms with Crippen molar-refractivity contribution in [1.29, 1.82) is 0 Å². The quantitative estimate of drug-likeness (QED) is 0.164. The van der Waals surface area contributed by atoms with Crippen LogP contribution in [0.5, 0.6) is 5.75 Å². The Labute approximate surface area is 201 Å². The molecule has 1 aromatic carbocycles. The van der Waals surface area contributed by atoms with Gasteiger partial charge in [0.15, 0.2) is 6.79 Å². The number of amides is 1. The van der Waals surface area contributed by atoms with Crippen molar-refractivity contribution in [2.75, 3.05) is 60.6 Å². The van der Waals surface area contributed by atoms with Gasteiger partial charge in [0.25, 0.3) is 0 Å². The molecule has 0 bridgehead atoms. The van der Waals surface area contributed by atoms with Gasteiger partial charge in [-0.25, -0.2) is 9.59 Å². The highest BCUT2D eigenvalue weighted by molar-refractivity contribution is 5.87. The van der Waals surface area contributed by atoms with Crippen molar-refractivity contribution < 1.29 is 42.7 Å². The number of rotatable bonds is 16. The molecule has 0 spiro atoms. The molecule has 34 heavy (non-hydrogen) atoms. The molecule has 192 valence electrons. The van der Waals surface area contributed by atoms with E-state index in [1.807, 2.05) is 12.1 Å². The molecule has 10 heteroatoms. The molecule has 1 amide bonds. The number of alkyl carbamates (subject to hydrolysis) is 1. The Bertz CT molecular complexity index is 759. The summed E-state index contributed by atoms with van der Waals surface area (Å²) in [6.07, 6.45) is 2.54. The molecular formula is C24H37NO9. The maximum atomic E-state index is 11.5. The number of carbonyl (C=O) groups excluding carboxylic acids is 2. The van der Waals surface area contributed by atoms with E-state index in [4.69, 9.17) is 28.4 Å². The summed E-state index contributed by atoms with van der Waals surface area (Å²) in [5, 5.41) is 2.62. The second-order valence-corrected chi connectivity index (χ2v) is 7.97. The first-order valence-corrected chi connectivity index (χ1v) is 11.0. The fourth-order valence-electron chi connectivity index (χ4n) is 2.47. The van der Waals surface area contributed by atoms with Crippen LogP contribution in [0.3, 0.4) is 0 Å². The third kappa shape index (κ3) is 14.5. The van der Waals surface area contributed by atoms with Crippen LogP contribution in [0.4, 0.5) is 4.79 Å². The fraction of sp³-hybridized carbons (Fsp3) is 0.583. The summed E-state index contributed by atoms with van der Waals surface area (Å²) in [5.41, 5.74) is 1.13. The summed E-state index contributed by atoms with van der Waals surface area (Å²) >= 11 is 0. The van der Waals surface area contributed by atoms with Crippen LogP contribution in [0.2, 0.25) is 0 Å². The highest BCUT2D eigenvalue weighted by atomic mass is 16.7. The smallest absolute Gasteiger partial charge is 0.407 e. The lowest BCUT2D eigenvalue weighted by Crippen LogP contribution is -2.34. The van der Waals surface area contributed by atoms with Gasteiger partial charge in [-0.3, -0.25) is 0 Å². The summed E-state index contributed by atoms with van der Waals surface area (Å²) in [5.74, 6) is 0.188. The van der Waals surface area contributed by atoms with Crippen molar-refractivity contribution in [3.8, 4) is 5.75 Å². The minimum atomic E-state index is -0.525. The summed E-state index contributed by atoms with van der Waals surface area (Å²) in [6.45, 7) is 8.16. The molecule has 1 N–H and O–H groups in total. The van der Waals surface area contributed by atoms with Crippen molar-refractivity contribution in [1.82, 2.24) is 5.32 Å². The standard InChI is InChI=1S/C24H37NO9/c1-24(2,3)34-23(27)25-10-11-30-12-13-31-14-15-32-17-20-16-21(33-18-28-4)8-6-19(20)7-9-22(26)29-5/h6-9,16H,10-15,17-18H2,1-5H3,(H,25,27)/b9-7+. The molecule has 0 aromatic heterocycles. The van der Waals surface area contributed by atoms with Crippen molar-refractivity contribution in [2.24, 2.45) is 0 Å². The number of benzene rings is 1. The highest BCUT2D eigenvalue weighted by Gasteiger charge is 2.15. The average molecular weight is 484 g/mol. The number of carbonyl (C=O) groups is 2. The summed E-state index contributed by atoms with van der Waals surface area (Å²) in [4.78, 5) is 22.9. The first-order valence-electron chi connectivity index (χ1n) is 11.0. The molecule has 0 fully saturated rings. The Morgan fingerprint density at radius 3 is 2.29 bits per heavy atom. The lowest BCUT2D eigenvalue weighted by molar-refractivity contribution is -0.134. The van der Waals surface area contributed by atoms with E-state index in [1.165, 1.54) is 13.2 Å². The molecule has 0 aliphatic rings. The topological polar surface area (TPSA) is 111 Å². The molecule has 10 nitrogen and oxygen atoms in total. The van der Waals surface area contributed by atoms with Gasteiger partial charge in [-0.2, -0.15) is 0 Å². The van der Waals surface area contributed by atoms with Gasteiger partial charge in [-0.05, 0) is 50.1 Å². The Morgan fingerprint density at radius 1 is 0.971 bits per heavy atom. The number of hydrogen-bond donors (Lipinski definition) is 1. The van der Waals surface area contributed by atoms with Gasteiger partial charge in [0.05, 0.1) is 46.8 Å². The van der Waals surface area contributed by atoms with Gasteiger partial charge in [0, 0.05) is 19.7 Å². The molecule has 0 radical (unpaired) electrons. The highest BCUT2D eigenvalue weighted by Crippen LogP contribution is 2.20. The maximum absolute atomic E-state index is 11.5. The van der Waals surface area contributed by atoms with Crippen molar-refractivity contribution >= 4 is 18.1 Å². The molecular weight excluding hydrogens is 446 g/mol. The van der Waals surface area contributed by atoms with Crippen LogP contribution in [0, 0.1) is 0 Å². The maximum Gasteiger partial charge on any atom is 0.407 e. The van der Waals surface area contributed by atoms with E-state index in [2.05, 4.69) is 10.1 Å². The van der Waals surface area contributed by atoms with Gasteiger partial charge >= 0.3 is 12.1 Å². The SMILES string of the molecule is COCOc1ccc(/C=C/C(=O)OC)c(COCCOCCOCCNC(=O)OC(C)(C)C)c1. The number of esters is 1. The minimum Gasteiger partial charge on any atom is -0.468 e. The summed E-state index contributed by atoms with van der Waals surface area (Å²) in [7, 11) is 2.87. The van der Waals surface area contributed by atoms with Gasteiger partial charge in [-0.15, -0.1) is 0 Å². The van der Waals surface area contributed by atoms with E-state index in [-0.39, 0.29) is 6.79 Å². The first-order chi connectivity index (χ1) is 16.2. The Morgan fingerprint density at radius 2 is 1.65 bits per heavy atom. The van der Waals surface area contributed by atoms with E-state index in [0.717, 1.165) is 11.1 Å². The van der Waals surface area contributed by atoms with Crippen molar-refractivity contribution in [3.05, 3.63) is 35.4 Å². The second-order valence-electron chi connectivity index (χ2n) is 7.97. The van der Waals surface area contributed by atoms with E-state index >= 15 is 0 Å². The lowest BCUT2D eigenvalue weighted by atomic mass is 10.1. The Balaban J connectivity index is 2.26. The second kappa shape index (κ2) is 16.9. The summed E-state index contributed by atoms with van der Waals surface area (Å²) in [6, 6.07) is 5.44. The normalized spacial score (nSPS) is 11.4. The molecule has 0 aliphatic heterocycles. The van der Waals surface area contributed by atoms with Crippen molar-refractivity contribution in [3.63, 3.8) is 0 Å². The average Bonchev–Trinajstić information content (AvgIpc) is 2.78. The minimum absolute atomic E-state index is 0.130. The molecule has 0 unspecified atom stereocenters.